The van der Waals surface area contributed by atoms with Gasteiger partial charge in [-0.2, -0.15) is 0 Å². The molecule has 1 aromatic carbocycles. The molecule has 1 aliphatic carbocycles. The third-order valence-corrected chi connectivity index (χ3v) is 5.63. The molecule has 1 saturated heterocycles. The normalized spacial score (nSPS) is 27.9. The number of benzene rings is 1. The summed E-state index contributed by atoms with van der Waals surface area (Å²) in [5.41, 5.74) is 2.78. The minimum Gasteiger partial charge on any atom is -0.318 e. The molecule has 0 spiro atoms. The van der Waals surface area contributed by atoms with E-state index in [9.17, 15) is 4.79 Å². The molecule has 3 rings (SSSR count). The number of hydrogen-bond donors (Lipinski definition) is 1. The minimum absolute atomic E-state index is 0.0224. The Balaban J connectivity index is 1.93. The van der Waals surface area contributed by atoms with E-state index in [1.54, 1.807) is 0 Å². The maximum atomic E-state index is 12.3. The number of nitrogens with one attached hydrogen (secondary N) is 1. The van der Waals surface area contributed by atoms with Crippen LogP contribution in [-0.4, -0.2) is 23.4 Å². The predicted octanol–water partition coefficient (Wildman–Crippen LogP) is 2.86. The van der Waals surface area contributed by atoms with Gasteiger partial charge in [-0.3, -0.25) is 10.1 Å². The van der Waals surface area contributed by atoms with Crippen molar-refractivity contribution in [2.75, 3.05) is 6.54 Å². The van der Waals surface area contributed by atoms with Crippen LogP contribution in [0.4, 0.5) is 0 Å². The number of hydrogen-bond acceptors (Lipinski definition) is 2. The number of carbonyl (C=O) groups excluding carboxylic acids is 1. The van der Waals surface area contributed by atoms with Crippen molar-refractivity contribution < 1.29 is 4.79 Å². The van der Waals surface area contributed by atoms with Crippen molar-refractivity contribution >= 4 is 5.91 Å². The van der Waals surface area contributed by atoms with Gasteiger partial charge in [0.15, 0.2) is 0 Å². The molecule has 1 atom stereocenters. The molecule has 3 heteroatoms. The highest BCUT2D eigenvalue weighted by Gasteiger charge is 2.69. The second-order valence-electron chi connectivity index (χ2n) is 7.34. The lowest BCUT2D eigenvalue weighted by molar-refractivity contribution is -0.129. The van der Waals surface area contributed by atoms with E-state index >= 15 is 0 Å². The first-order valence-corrected chi connectivity index (χ1v) is 7.38. The minimum atomic E-state index is 0.0224. The number of carbonyl (C=O) groups is 1. The van der Waals surface area contributed by atoms with Crippen LogP contribution in [0.25, 0.3) is 0 Å². The molecule has 0 aromatic heterocycles. The van der Waals surface area contributed by atoms with Crippen LogP contribution in [-0.2, 0) is 4.79 Å². The highest BCUT2D eigenvalue weighted by molar-refractivity contribution is 5.82. The molecular weight excluding hydrogens is 248 g/mol. The van der Waals surface area contributed by atoms with E-state index in [1.807, 2.05) is 0 Å². The molecule has 0 radical (unpaired) electrons. The summed E-state index contributed by atoms with van der Waals surface area (Å²) in [7, 11) is 0. The van der Waals surface area contributed by atoms with Gasteiger partial charge >= 0.3 is 0 Å². The zero-order valence-corrected chi connectivity index (χ0v) is 13.0. The Morgan fingerprint density at radius 3 is 2.15 bits per heavy atom. The fourth-order valence-corrected chi connectivity index (χ4v) is 3.69. The molecule has 1 aromatic rings. The Kier molecular flexibility index (Phi) is 2.78. The molecule has 1 amide bonds. The van der Waals surface area contributed by atoms with Crippen LogP contribution in [0.5, 0.6) is 0 Å². The molecule has 2 aliphatic rings. The number of rotatable bonds is 2. The number of amides is 1. The van der Waals surface area contributed by atoms with E-state index in [-0.39, 0.29) is 22.9 Å². The Hall–Kier alpha value is -1.35. The van der Waals surface area contributed by atoms with Crippen molar-refractivity contribution in [3.8, 4) is 0 Å². The van der Waals surface area contributed by atoms with Gasteiger partial charge in [-0.25, -0.2) is 0 Å². The lowest BCUT2D eigenvalue weighted by atomic mass is 10.0. The summed E-state index contributed by atoms with van der Waals surface area (Å²) in [6.07, 6.45) is 0.0224. The molecule has 1 saturated carbocycles. The van der Waals surface area contributed by atoms with Gasteiger partial charge in [0, 0.05) is 6.04 Å². The average Bonchev–Trinajstić information content (AvgIpc) is 2.66. The van der Waals surface area contributed by atoms with Gasteiger partial charge in [0.2, 0.25) is 5.91 Å². The summed E-state index contributed by atoms with van der Waals surface area (Å²) >= 11 is 0. The van der Waals surface area contributed by atoms with E-state index < -0.39 is 0 Å². The Morgan fingerprint density at radius 2 is 1.65 bits per heavy atom. The fourth-order valence-electron chi connectivity index (χ4n) is 3.69. The van der Waals surface area contributed by atoms with Crippen molar-refractivity contribution in [3.63, 3.8) is 0 Å². The Labute approximate surface area is 121 Å². The Morgan fingerprint density at radius 1 is 1.10 bits per heavy atom. The van der Waals surface area contributed by atoms with E-state index in [2.05, 4.69) is 69.1 Å². The van der Waals surface area contributed by atoms with Crippen LogP contribution in [0.3, 0.4) is 0 Å². The van der Waals surface area contributed by atoms with Crippen LogP contribution in [0, 0.1) is 17.8 Å². The lowest BCUT2D eigenvalue weighted by Crippen LogP contribution is -2.35. The molecule has 1 N–H and O–H groups in total. The zero-order chi connectivity index (χ0) is 14.7. The predicted molar refractivity (Wildman–Crippen MR) is 80.1 cm³/mol. The van der Waals surface area contributed by atoms with Crippen molar-refractivity contribution in [2.45, 2.75) is 46.8 Å². The summed E-state index contributed by atoms with van der Waals surface area (Å²) in [5, 5.41) is 3.37. The summed E-state index contributed by atoms with van der Waals surface area (Å²) < 4.78 is 0. The second-order valence-corrected chi connectivity index (χ2v) is 7.34. The highest BCUT2D eigenvalue weighted by atomic mass is 16.2. The topological polar surface area (TPSA) is 32.3 Å². The van der Waals surface area contributed by atoms with Gasteiger partial charge < -0.3 is 4.90 Å². The largest absolute Gasteiger partial charge is 0.318 e. The molecule has 1 heterocycles. The van der Waals surface area contributed by atoms with Crippen LogP contribution < -0.4 is 5.32 Å². The summed E-state index contributed by atoms with van der Waals surface area (Å²) in [5.74, 6) is 0.222. The van der Waals surface area contributed by atoms with Crippen molar-refractivity contribution in [2.24, 2.45) is 10.8 Å². The summed E-state index contributed by atoms with van der Waals surface area (Å²) in [4.78, 5) is 14.4. The maximum Gasteiger partial charge on any atom is 0.238 e. The van der Waals surface area contributed by atoms with Crippen LogP contribution in [0.1, 0.15) is 45.0 Å². The highest BCUT2D eigenvalue weighted by Crippen LogP contribution is 2.66. The maximum absolute atomic E-state index is 12.3. The molecule has 108 valence electrons. The van der Waals surface area contributed by atoms with Crippen LogP contribution in [0.15, 0.2) is 24.3 Å². The molecule has 3 nitrogen and oxygen atoms in total. The second kappa shape index (κ2) is 4.08. The van der Waals surface area contributed by atoms with Crippen molar-refractivity contribution in [3.05, 3.63) is 35.4 Å². The average molecular weight is 272 g/mol. The van der Waals surface area contributed by atoms with E-state index in [1.165, 1.54) is 11.1 Å². The Bertz CT molecular complexity index is 531. The molecule has 20 heavy (non-hydrogen) atoms. The smallest absolute Gasteiger partial charge is 0.238 e. The fraction of sp³-hybridized carbons (Fsp3) is 0.588. The molecule has 2 fully saturated rings. The van der Waals surface area contributed by atoms with Crippen LogP contribution >= 0.6 is 0 Å². The number of aryl methyl sites for hydroxylation is 1. The van der Waals surface area contributed by atoms with Gasteiger partial charge in [0.25, 0.3) is 0 Å². The van der Waals surface area contributed by atoms with E-state index in [0.29, 0.717) is 12.6 Å². The lowest BCUT2D eigenvalue weighted by Gasteiger charge is -2.27. The quantitative estimate of drug-likeness (QED) is 0.898. The molecular formula is C17H24N2O. The van der Waals surface area contributed by atoms with E-state index in [0.717, 1.165) is 0 Å². The summed E-state index contributed by atoms with van der Waals surface area (Å²) in [6.45, 7) is 11.6. The first-order chi connectivity index (χ1) is 9.26. The molecule has 1 unspecified atom stereocenters. The third kappa shape index (κ3) is 1.72. The standard InChI is InChI=1S/C17H24N2O/c1-11-6-8-12(9-7-11)14-18-10-13(20)19(14)15-16(2,3)17(15,4)5/h6-9,14-15,18H,10H2,1-5H3. The van der Waals surface area contributed by atoms with E-state index in [4.69, 9.17) is 0 Å². The van der Waals surface area contributed by atoms with Gasteiger partial charge in [0.05, 0.1) is 6.54 Å². The molecule has 1 aliphatic heterocycles. The third-order valence-electron chi connectivity index (χ3n) is 5.63. The zero-order valence-electron chi connectivity index (χ0n) is 13.0. The van der Waals surface area contributed by atoms with Gasteiger partial charge in [-0.15, -0.1) is 0 Å². The SMILES string of the molecule is Cc1ccc(C2NCC(=O)N2C2C(C)(C)C2(C)C)cc1. The monoisotopic (exact) mass is 272 g/mol. The first kappa shape index (κ1) is 13.6. The van der Waals surface area contributed by atoms with Crippen molar-refractivity contribution in [1.29, 1.82) is 0 Å². The number of nitrogens with zero attached hydrogens (tertiary/aromatic N) is 1. The van der Waals surface area contributed by atoms with Gasteiger partial charge in [-0.1, -0.05) is 57.5 Å². The molecule has 0 bridgehead atoms. The summed E-state index contributed by atoms with van der Waals surface area (Å²) in [6, 6.07) is 8.79. The van der Waals surface area contributed by atoms with Gasteiger partial charge in [-0.05, 0) is 23.3 Å². The van der Waals surface area contributed by atoms with Crippen LogP contribution in [0.2, 0.25) is 0 Å². The van der Waals surface area contributed by atoms with Gasteiger partial charge in [0.1, 0.15) is 6.17 Å². The first-order valence-electron chi connectivity index (χ1n) is 7.38. The van der Waals surface area contributed by atoms with Crippen molar-refractivity contribution in [1.82, 2.24) is 10.2 Å².